The van der Waals surface area contributed by atoms with E-state index in [2.05, 4.69) is 39.3 Å². The molecule has 2 saturated heterocycles. The molecular weight excluding hydrogens is 392 g/mol. The lowest BCUT2D eigenvalue weighted by molar-refractivity contribution is -0.00906. The van der Waals surface area contributed by atoms with Gasteiger partial charge in [0.1, 0.15) is 12.4 Å². The molecule has 3 aliphatic rings. The Morgan fingerprint density at radius 2 is 2.10 bits per heavy atom. The predicted molar refractivity (Wildman–Crippen MR) is 119 cm³/mol. The molecule has 7 nitrogen and oxygen atoms in total. The number of ether oxygens (including phenoxy) is 2. The molecule has 0 spiro atoms. The summed E-state index contributed by atoms with van der Waals surface area (Å²) in [7, 11) is 1.71. The molecule has 0 N–H and O–H groups in total. The van der Waals surface area contributed by atoms with Gasteiger partial charge in [-0.15, -0.1) is 0 Å². The second-order valence-corrected chi connectivity index (χ2v) is 8.55. The molecule has 2 fully saturated rings. The van der Waals surface area contributed by atoms with Crippen molar-refractivity contribution in [3.63, 3.8) is 0 Å². The van der Waals surface area contributed by atoms with Crippen LogP contribution >= 0.6 is 0 Å². The smallest absolute Gasteiger partial charge is 0.171 e. The van der Waals surface area contributed by atoms with Gasteiger partial charge in [0.15, 0.2) is 5.84 Å². The maximum atomic E-state index is 5.73. The minimum atomic E-state index is 0.390. The summed E-state index contributed by atoms with van der Waals surface area (Å²) >= 11 is 0. The fourth-order valence-corrected chi connectivity index (χ4v) is 4.92. The van der Waals surface area contributed by atoms with Crippen molar-refractivity contribution < 1.29 is 14.3 Å². The lowest BCUT2D eigenvalue weighted by atomic mass is 9.88. The highest BCUT2D eigenvalue weighted by atomic mass is 16.6. The van der Waals surface area contributed by atoms with Gasteiger partial charge in [-0.1, -0.05) is 11.2 Å². The minimum absolute atomic E-state index is 0.390. The van der Waals surface area contributed by atoms with Crippen molar-refractivity contribution in [2.45, 2.75) is 38.6 Å². The van der Waals surface area contributed by atoms with E-state index in [1.165, 1.54) is 5.57 Å². The van der Waals surface area contributed by atoms with E-state index in [-0.39, 0.29) is 0 Å². The Labute approximate surface area is 183 Å². The summed E-state index contributed by atoms with van der Waals surface area (Å²) < 4.78 is 13.3. The molecule has 0 aliphatic carbocycles. The predicted octanol–water partition coefficient (Wildman–Crippen LogP) is 3.81. The van der Waals surface area contributed by atoms with E-state index in [4.69, 9.17) is 14.3 Å². The largest absolute Gasteiger partial charge is 0.495 e. The summed E-state index contributed by atoms with van der Waals surface area (Å²) in [4.78, 5) is 12.5. The molecule has 0 saturated carbocycles. The number of aryl methyl sites for hydroxylation is 1. The van der Waals surface area contributed by atoms with Crippen LogP contribution in [0.4, 0.5) is 0 Å². The number of hydrogen-bond donors (Lipinski definition) is 0. The Bertz CT molecular complexity index is 990. The summed E-state index contributed by atoms with van der Waals surface area (Å²) in [6.07, 6.45) is 10.4. The van der Waals surface area contributed by atoms with Crippen LogP contribution in [0.3, 0.4) is 0 Å². The molecule has 164 valence electrons. The zero-order valence-corrected chi connectivity index (χ0v) is 18.3. The molecule has 1 aromatic heterocycles. The quantitative estimate of drug-likeness (QED) is 0.750. The summed E-state index contributed by atoms with van der Waals surface area (Å²) in [5.41, 5.74) is 4.29. The maximum Gasteiger partial charge on any atom is 0.171 e. The van der Waals surface area contributed by atoms with E-state index in [1.54, 1.807) is 7.11 Å². The molecule has 4 heterocycles. The molecule has 3 aliphatic heterocycles. The molecule has 1 atom stereocenters. The van der Waals surface area contributed by atoms with Crippen LogP contribution in [0.2, 0.25) is 0 Å². The molecule has 0 radical (unpaired) electrons. The molecule has 7 heteroatoms. The first-order valence-corrected chi connectivity index (χ1v) is 11.2. The number of amidine groups is 1. The van der Waals surface area contributed by atoms with Gasteiger partial charge in [0.2, 0.25) is 0 Å². The number of fused-ring (bicyclic) bond motifs is 1. The lowest BCUT2D eigenvalue weighted by Crippen LogP contribution is -2.53. The Hall–Kier alpha value is -2.80. The topological polar surface area (TPSA) is 61.1 Å². The molecule has 0 amide bonds. The van der Waals surface area contributed by atoms with Crippen LogP contribution in [0.1, 0.15) is 36.9 Å². The van der Waals surface area contributed by atoms with Crippen molar-refractivity contribution in [3.8, 4) is 11.4 Å². The van der Waals surface area contributed by atoms with Crippen molar-refractivity contribution in [1.82, 2.24) is 14.5 Å². The number of benzene rings is 1. The van der Waals surface area contributed by atoms with Crippen molar-refractivity contribution in [1.29, 1.82) is 0 Å². The van der Waals surface area contributed by atoms with Crippen LogP contribution < -0.4 is 4.74 Å². The van der Waals surface area contributed by atoms with Crippen LogP contribution in [0.15, 0.2) is 41.5 Å². The summed E-state index contributed by atoms with van der Waals surface area (Å²) in [6, 6.07) is 6.68. The second kappa shape index (κ2) is 8.75. The van der Waals surface area contributed by atoms with Gasteiger partial charge in [-0.25, -0.2) is 4.98 Å². The van der Waals surface area contributed by atoms with E-state index >= 15 is 0 Å². The van der Waals surface area contributed by atoms with E-state index in [9.17, 15) is 0 Å². The van der Waals surface area contributed by atoms with Crippen molar-refractivity contribution in [2.24, 2.45) is 11.1 Å². The highest BCUT2D eigenvalue weighted by molar-refractivity contribution is 6.02. The third kappa shape index (κ3) is 4.06. The molecule has 0 unspecified atom stereocenters. The molecule has 2 aromatic rings. The fraction of sp³-hybridized carbons (Fsp3) is 0.500. The summed E-state index contributed by atoms with van der Waals surface area (Å²) in [5.74, 6) is 2.43. The van der Waals surface area contributed by atoms with Crippen LogP contribution in [-0.4, -0.2) is 59.8 Å². The zero-order valence-electron chi connectivity index (χ0n) is 18.3. The molecule has 5 rings (SSSR count). The Morgan fingerprint density at radius 1 is 1.23 bits per heavy atom. The third-order valence-electron chi connectivity index (χ3n) is 6.55. The average Bonchev–Trinajstić information content (AvgIpc) is 3.25. The Kier molecular flexibility index (Phi) is 5.68. The van der Waals surface area contributed by atoms with Crippen LogP contribution in [0.25, 0.3) is 11.8 Å². The Morgan fingerprint density at radius 3 is 2.87 bits per heavy atom. The van der Waals surface area contributed by atoms with Crippen LogP contribution in [0.5, 0.6) is 5.75 Å². The van der Waals surface area contributed by atoms with Crippen LogP contribution in [-0.2, 0) is 9.57 Å². The van der Waals surface area contributed by atoms with Crippen molar-refractivity contribution >= 4 is 11.9 Å². The number of hydrogen-bond acceptors (Lipinski definition) is 6. The third-order valence-corrected chi connectivity index (χ3v) is 6.55. The summed E-state index contributed by atoms with van der Waals surface area (Å²) in [5, 5.41) is 4.48. The van der Waals surface area contributed by atoms with Gasteiger partial charge in [-0.2, -0.15) is 0 Å². The van der Waals surface area contributed by atoms with Crippen molar-refractivity contribution in [2.75, 3.05) is 33.5 Å². The van der Waals surface area contributed by atoms with Gasteiger partial charge in [0.05, 0.1) is 30.9 Å². The molecular formula is C24H30N4O3. The second-order valence-electron chi connectivity index (χ2n) is 8.55. The lowest BCUT2D eigenvalue weighted by Gasteiger charge is -2.44. The Balaban J connectivity index is 1.41. The van der Waals surface area contributed by atoms with Crippen LogP contribution in [0, 0.1) is 12.8 Å². The van der Waals surface area contributed by atoms with Gasteiger partial charge in [-0.05, 0) is 67.9 Å². The molecule has 31 heavy (non-hydrogen) atoms. The van der Waals surface area contributed by atoms with Gasteiger partial charge in [0, 0.05) is 26.0 Å². The average molecular weight is 423 g/mol. The molecule has 1 aromatic carbocycles. The van der Waals surface area contributed by atoms with Gasteiger partial charge in [-0.3, -0.25) is 0 Å². The fourth-order valence-electron chi connectivity index (χ4n) is 4.92. The van der Waals surface area contributed by atoms with E-state index in [0.29, 0.717) is 18.6 Å². The molecule has 0 bridgehead atoms. The van der Waals surface area contributed by atoms with Gasteiger partial charge < -0.3 is 23.8 Å². The van der Waals surface area contributed by atoms with Gasteiger partial charge in [0.25, 0.3) is 0 Å². The highest BCUT2D eigenvalue weighted by Gasteiger charge is 2.37. The normalized spacial score (nSPS) is 23.3. The number of piperidine rings is 1. The zero-order chi connectivity index (χ0) is 21.2. The number of nitrogens with zero attached hydrogens (tertiary/aromatic N) is 4. The van der Waals surface area contributed by atoms with E-state index in [1.807, 2.05) is 24.0 Å². The number of aromatic nitrogens is 2. The minimum Gasteiger partial charge on any atom is -0.495 e. The van der Waals surface area contributed by atoms with E-state index in [0.717, 1.165) is 74.0 Å². The number of rotatable bonds is 4. The first kappa shape index (κ1) is 20.1. The number of imidazole rings is 1. The standard InChI is InChI=1S/C24H30N4O3/c1-17-14-27(16-25-17)21-6-5-18(13-23(21)29-2)12-20-4-3-9-28-22(15-31-26-24(20)28)19-7-10-30-11-8-19/h5-6,12-14,16,19,22H,3-4,7-11,15H2,1-2H3/b20-12+/t22-/m0/s1. The summed E-state index contributed by atoms with van der Waals surface area (Å²) in [6.45, 7) is 5.41. The van der Waals surface area contributed by atoms with Crippen molar-refractivity contribution in [3.05, 3.63) is 47.6 Å². The SMILES string of the molecule is COc1cc(/C=C2\CCCN3C2=NOC[C@H]3C2CCOCC2)ccc1-n1cnc(C)c1. The highest BCUT2D eigenvalue weighted by Crippen LogP contribution is 2.33. The maximum absolute atomic E-state index is 5.73. The number of oxime groups is 1. The number of methoxy groups -OCH3 is 1. The first-order valence-electron chi connectivity index (χ1n) is 11.2. The monoisotopic (exact) mass is 422 g/mol. The van der Waals surface area contributed by atoms with Gasteiger partial charge >= 0.3 is 0 Å². The first-order chi connectivity index (χ1) is 15.2. The van der Waals surface area contributed by atoms with E-state index < -0.39 is 0 Å².